The summed E-state index contributed by atoms with van der Waals surface area (Å²) < 4.78 is 19.1. The summed E-state index contributed by atoms with van der Waals surface area (Å²) in [7, 11) is 0. The third-order valence-electron chi connectivity index (χ3n) is 40.8. The molecule has 16 saturated heterocycles. The van der Waals surface area contributed by atoms with E-state index in [-0.39, 0.29) is 277 Å². The molecule has 32 fully saturated rings. The number of esters is 3. The number of ketones is 9. The van der Waals surface area contributed by atoms with Crippen LogP contribution in [0, 0.1) is 191 Å². The Morgan fingerprint density at radius 1 is 0.243 bits per heavy atom. The van der Waals surface area contributed by atoms with E-state index < -0.39 is 21.7 Å². The van der Waals surface area contributed by atoms with E-state index in [0.29, 0.717) is 128 Å². The molecule has 111 heavy (non-hydrogen) atoms. The second-order valence-corrected chi connectivity index (χ2v) is 44.5. The smallest absolute Gasteiger partial charge is 0.306 e. The van der Waals surface area contributed by atoms with E-state index in [4.69, 9.17) is 14.2 Å². The molecular weight excluding hydrogens is 1390 g/mol. The molecule has 0 N–H and O–H groups in total. The second kappa shape index (κ2) is 28.1. The van der Waals surface area contributed by atoms with Crippen LogP contribution in [0.4, 0.5) is 0 Å². The molecule has 0 aromatic heterocycles. The highest BCUT2D eigenvalue weighted by atomic mass is 16.6. The lowest BCUT2D eigenvalue weighted by atomic mass is 9.43. The molecule has 0 aromatic rings. The summed E-state index contributed by atoms with van der Waals surface area (Å²) in [5, 5.41) is 0. The maximum absolute atomic E-state index is 15.1. The highest BCUT2D eigenvalue weighted by Crippen LogP contribution is 2.73. The molecule has 16 heterocycles. The van der Waals surface area contributed by atoms with Gasteiger partial charge in [-0.25, -0.2) is 0 Å². The predicted molar refractivity (Wildman–Crippen MR) is 416 cm³/mol. The summed E-state index contributed by atoms with van der Waals surface area (Å²) in [6.45, 7) is 26.5. The van der Waals surface area contributed by atoms with Gasteiger partial charge >= 0.3 is 17.9 Å². The lowest BCUT2D eigenvalue weighted by molar-refractivity contribution is -0.175. The van der Waals surface area contributed by atoms with Crippen molar-refractivity contribution >= 4 is 70.0 Å². The monoisotopic (exact) mass is 1530 g/mol. The predicted octanol–water partition coefficient (Wildman–Crippen LogP) is 17.7. The summed E-state index contributed by atoms with van der Waals surface area (Å²) in [6.07, 6.45) is 20.8. The van der Waals surface area contributed by atoms with Crippen LogP contribution in [0.25, 0.3) is 0 Å². The van der Waals surface area contributed by atoms with E-state index >= 15 is 19.2 Å². The standard InChI is InChI=1S/C96H136O15/c1-49-13-25-73(97)53-29-33-89(5)54(37-53)41-74(98)85-65-22-18-62(94(65,10)78(102)45-69(85)89)50(2)14-26-82(106)110-59-31-35-91(7)56(39-59)43-76(100)87-67-24-20-64(96(67,12)80(104)47-71(87)91)52(4)16-28-84(108)111-60-32-36-92(8)57(40-60)44-77(101)88-68-23-19-63(95(68,11)81(105)48-72(88)92)51(3)15-27-83(107)109-58-30-34-90(6)55(38-58)42-75(99)86-66-21-17-61(49)93(66,9)79(103)46-70(86)90/h49-72,85-88H,13-48H2,1-12H3/t49?,50-,51-,52?,53-,54+,55+,56+,57+,58-,59-,60-,61-,62-,63-,64-,65+,66+,67+,68+,69+,70+,71+,72+,85+,86+,87+,88+,89+,90+,91+,92+,93-,94-,95-,96-/m1/s1. The summed E-state index contributed by atoms with van der Waals surface area (Å²) >= 11 is 0. The average molecular weight is 1530 g/mol. The van der Waals surface area contributed by atoms with Crippen LogP contribution < -0.4 is 0 Å². The zero-order chi connectivity index (χ0) is 78.7. The molecule has 0 spiro atoms. The lowest BCUT2D eigenvalue weighted by Crippen LogP contribution is -2.60. The van der Waals surface area contributed by atoms with Gasteiger partial charge in [0.05, 0.1) is 0 Å². The molecule has 16 aliphatic heterocycles. The van der Waals surface area contributed by atoms with E-state index in [0.717, 1.165) is 83.5 Å². The average Bonchev–Trinajstić information content (AvgIpc) is 1.67. The van der Waals surface area contributed by atoms with Crippen molar-refractivity contribution < 1.29 is 71.7 Å². The quantitative estimate of drug-likeness (QED) is 0.162. The first-order chi connectivity index (χ1) is 52.5. The number of Topliss-reactive ketones (excluding diaryl/α,β-unsaturated/α-hetero) is 9. The normalized spacial score (nSPS) is 53.7. The molecule has 15 heteroatoms. The number of hydrogen-bond donors (Lipinski definition) is 0. The molecule has 32 rings (SSSR count). The molecule has 0 amide bonds. The molecule has 32 bridgehead atoms. The van der Waals surface area contributed by atoms with Gasteiger partial charge in [0.15, 0.2) is 0 Å². The minimum atomic E-state index is -0.671. The number of rotatable bonds is 0. The van der Waals surface area contributed by atoms with Gasteiger partial charge in [-0.1, -0.05) is 83.1 Å². The van der Waals surface area contributed by atoms with Crippen molar-refractivity contribution in [2.45, 2.75) is 333 Å². The van der Waals surface area contributed by atoms with E-state index in [2.05, 4.69) is 83.1 Å². The van der Waals surface area contributed by atoms with Crippen LogP contribution in [0.1, 0.15) is 314 Å². The number of carbonyl (C=O) groups is 12. The molecule has 32 aliphatic rings. The maximum atomic E-state index is 15.1. The van der Waals surface area contributed by atoms with E-state index in [9.17, 15) is 38.4 Å². The van der Waals surface area contributed by atoms with E-state index in [1.165, 1.54) is 0 Å². The lowest BCUT2D eigenvalue weighted by Gasteiger charge is -2.59. The second-order valence-electron chi connectivity index (χ2n) is 44.5. The van der Waals surface area contributed by atoms with Gasteiger partial charge in [0.1, 0.15) is 70.4 Å². The molecular formula is C96H136O15. The Labute approximate surface area is 662 Å². The molecule has 16 aliphatic carbocycles. The summed E-state index contributed by atoms with van der Waals surface area (Å²) in [4.78, 5) is 176. The van der Waals surface area contributed by atoms with Crippen LogP contribution >= 0.6 is 0 Å². The molecule has 610 valence electrons. The summed E-state index contributed by atoms with van der Waals surface area (Å²) in [6, 6.07) is 0. The Kier molecular flexibility index (Phi) is 20.0. The number of hydrogen-bond acceptors (Lipinski definition) is 15. The van der Waals surface area contributed by atoms with Crippen LogP contribution in [0.2, 0.25) is 0 Å². The fourth-order valence-electron chi connectivity index (χ4n) is 34.0. The van der Waals surface area contributed by atoms with Crippen LogP contribution in [0.3, 0.4) is 0 Å². The van der Waals surface area contributed by atoms with Gasteiger partial charge < -0.3 is 14.2 Å². The minimum Gasteiger partial charge on any atom is -0.462 e. The SMILES string of the molecule is CC1CCC(=O)O[C@@H]2CC[C@@]3(C)[C@H](CC(=O)[C@@H]4[C@@H]3CC(=O)[C@]3(C)[C@H](CC[C@@H]43)[C@H](C)CCC(=O)O[C@@H]3CC[C@@]4(C)[C@H](CC(=O)[C@@H]5[C@@H]4CC(=O)[C@]4(C)[C@H](CC[C@@H]54)C(C)CCC(=O)[C@@H]4CC[C@@]5(C)[C@H](CC(=O)[C@@H]6[C@@H]5CC(=O)[C@]5(C)[C@H](CC[C@@H]65)[C@H](C)CCC(=O)O[C@@H]5CC[C@@]6(C)[C@H](CC(=O)[C@@H]7[C@@H]6CC(=O)[C@]6(C)[C@@H]1CC[C@@H]76)C5)C4)C3)C2. The van der Waals surface area contributed by atoms with Crippen LogP contribution in [-0.4, -0.2) is 88.3 Å². The van der Waals surface area contributed by atoms with Crippen LogP contribution in [-0.2, 0) is 71.7 Å². The van der Waals surface area contributed by atoms with Gasteiger partial charge in [0.25, 0.3) is 0 Å². The number of carbonyl (C=O) groups excluding carboxylic acids is 12. The van der Waals surface area contributed by atoms with Crippen molar-refractivity contribution in [1.29, 1.82) is 0 Å². The van der Waals surface area contributed by atoms with Gasteiger partial charge in [-0.15, -0.1) is 0 Å². The molecule has 15 nitrogen and oxygen atoms in total. The topological polar surface area (TPSA) is 233 Å². The molecule has 0 radical (unpaired) electrons. The molecule has 16 saturated carbocycles. The van der Waals surface area contributed by atoms with Crippen LogP contribution in [0.5, 0.6) is 0 Å². The zero-order valence-corrected chi connectivity index (χ0v) is 69.7. The van der Waals surface area contributed by atoms with Crippen molar-refractivity contribution in [3.8, 4) is 0 Å². The first-order valence-electron chi connectivity index (χ1n) is 45.9. The number of ether oxygens (including phenoxy) is 3. The third kappa shape index (κ3) is 11.9. The highest BCUT2D eigenvalue weighted by Gasteiger charge is 2.72. The van der Waals surface area contributed by atoms with Gasteiger partial charge in [-0.3, -0.25) is 57.5 Å². The van der Waals surface area contributed by atoms with Crippen molar-refractivity contribution in [2.24, 2.45) is 191 Å². The Hall–Kier alpha value is -4.56. The van der Waals surface area contributed by atoms with Crippen molar-refractivity contribution in [3.05, 3.63) is 0 Å². The first-order valence-corrected chi connectivity index (χ1v) is 45.9. The first kappa shape index (κ1) is 78.9. The van der Waals surface area contributed by atoms with Gasteiger partial charge in [0.2, 0.25) is 0 Å². The fraction of sp³-hybridized carbons (Fsp3) is 0.875. The summed E-state index contributed by atoms with van der Waals surface area (Å²) in [5.74, 6) is 0.625. The van der Waals surface area contributed by atoms with E-state index in [1.54, 1.807) is 0 Å². The van der Waals surface area contributed by atoms with Gasteiger partial charge in [-0.05, 0) is 294 Å². The summed E-state index contributed by atoms with van der Waals surface area (Å²) in [5.41, 5.74) is -3.62. The van der Waals surface area contributed by atoms with Gasteiger partial charge in [-0.2, -0.15) is 0 Å². The largest absolute Gasteiger partial charge is 0.462 e. The van der Waals surface area contributed by atoms with Crippen LogP contribution in [0.15, 0.2) is 0 Å². The molecule has 0 aromatic carbocycles. The van der Waals surface area contributed by atoms with Crippen molar-refractivity contribution in [2.75, 3.05) is 0 Å². The maximum Gasteiger partial charge on any atom is 0.306 e. The third-order valence-corrected chi connectivity index (χ3v) is 40.8. The Morgan fingerprint density at radius 3 is 0.748 bits per heavy atom. The fourth-order valence-corrected chi connectivity index (χ4v) is 34.0. The Balaban J connectivity index is 0.573. The van der Waals surface area contributed by atoms with E-state index in [1.807, 2.05) is 0 Å². The van der Waals surface area contributed by atoms with Crippen molar-refractivity contribution in [3.63, 3.8) is 0 Å². The minimum absolute atomic E-state index is 0.00139. The Morgan fingerprint density at radius 2 is 0.477 bits per heavy atom. The molecule has 2 unspecified atom stereocenters. The van der Waals surface area contributed by atoms with Crippen molar-refractivity contribution in [1.82, 2.24) is 0 Å². The molecule has 36 atom stereocenters. The Bertz CT molecular complexity index is 3870. The van der Waals surface area contributed by atoms with Gasteiger partial charge in [0, 0.05) is 128 Å². The zero-order valence-electron chi connectivity index (χ0n) is 69.7. The highest BCUT2D eigenvalue weighted by molar-refractivity contribution is 5.96.